The molecule has 9 heteroatoms. The lowest BCUT2D eigenvalue weighted by Crippen LogP contribution is -2.36. The Morgan fingerprint density at radius 2 is 1.56 bits per heavy atom. The van der Waals surface area contributed by atoms with Crippen molar-refractivity contribution in [1.82, 2.24) is 13.7 Å². The molecule has 0 aliphatic heterocycles. The number of aryl methyl sites for hydroxylation is 2. The van der Waals surface area contributed by atoms with Crippen molar-refractivity contribution in [2.24, 2.45) is 14.1 Å². The van der Waals surface area contributed by atoms with Crippen LogP contribution in [0.5, 0.6) is 11.5 Å². The number of nitrogens with zero attached hydrogens (tertiary/aromatic N) is 3. The molecule has 3 aromatic carbocycles. The first-order chi connectivity index (χ1) is 19.7. The molecule has 0 aliphatic carbocycles. The molecule has 0 saturated heterocycles. The van der Waals surface area contributed by atoms with Crippen molar-refractivity contribution >= 4 is 22.5 Å². The van der Waals surface area contributed by atoms with Crippen molar-refractivity contribution in [3.63, 3.8) is 0 Å². The second-order valence-electron chi connectivity index (χ2n) is 9.69. The first kappa shape index (κ1) is 27.5. The van der Waals surface area contributed by atoms with Gasteiger partial charge in [0.25, 0.3) is 11.5 Å². The number of carbonyl (C=O) groups excluding carboxylic acids is 1. The number of carbonyl (C=O) groups is 1. The lowest BCUT2D eigenvalue weighted by atomic mass is 10.1. The van der Waals surface area contributed by atoms with Crippen molar-refractivity contribution in [2.45, 2.75) is 20.8 Å². The fourth-order valence-corrected chi connectivity index (χ4v) is 4.97. The van der Waals surface area contributed by atoms with E-state index in [0.29, 0.717) is 58.2 Å². The molecule has 41 heavy (non-hydrogen) atoms. The highest BCUT2D eigenvalue weighted by molar-refractivity contribution is 6.05. The first-order valence-electron chi connectivity index (χ1n) is 13.4. The summed E-state index contributed by atoms with van der Waals surface area (Å²) in [7, 11) is 3.12. The summed E-state index contributed by atoms with van der Waals surface area (Å²) in [5, 5.41) is 3.36. The number of hydrogen-bond acceptors (Lipinski definition) is 5. The van der Waals surface area contributed by atoms with Crippen LogP contribution in [0.15, 0.2) is 82.5 Å². The van der Waals surface area contributed by atoms with E-state index in [1.54, 1.807) is 49.6 Å². The summed E-state index contributed by atoms with van der Waals surface area (Å²) in [6.07, 6.45) is 1.77. The molecule has 0 radical (unpaired) electrons. The van der Waals surface area contributed by atoms with Gasteiger partial charge in [0.15, 0.2) is 0 Å². The van der Waals surface area contributed by atoms with Crippen LogP contribution in [0.3, 0.4) is 0 Å². The molecule has 210 valence electrons. The van der Waals surface area contributed by atoms with Gasteiger partial charge >= 0.3 is 5.69 Å². The highest BCUT2D eigenvalue weighted by Crippen LogP contribution is 2.40. The van der Waals surface area contributed by atoms with Crippen molar-refractivity contribution < 1.29 is 14.3 Å². The number of benzene rings is 3. The molecule has 1 N–H and O–H groups in total. The molecule has 0 atom stereocenters. The number of anilines is 1. The molecule has 0 saturated carbocycles. The van der Waals surface area contributed by atoms with E-state index in [4.69, 9.17) is 9.47 Å². The van der Waals surface area contributed by atoms with E-state index in [-0.39, 0.29) is 5.91 Å². The van der Waals surface area contributed by atoms with Gasteiger partial charge in [0.1, 0.15) is 11.5 Å². The maximum atomic E-state index is 13.5. The maximum Gasteiger partial charge on any atom is 0.330 e. The van der Waals surface area contributed by atoms with Gasteiger partial charge < -0.3 is 19.4 Å². The molecule has 0 spiro atoms. The van der Waals surface area contributed by atoms with Gasteiger partial charge in [-0.3, -0.25) is 18.7 Å². The molecule has 0 unspecified atom stereocenters. The molecule has 0 aliphatic rings. The van der Waals surface area contributed by atoms with Crippen LogP contribution < -0.4 is 26.0 Å². The number of aromatic nitrogens is 3. The minimum atomic E-state index is -0.422. The Kier molecular flexibility index (Phi) is 7.52. The average Bonchev–Trinajstić information content (AvgIpc) is 3.37. The summed E-state index contributed by atoms with van der Waals surface area (Å²) in [5.74, 6) is 0.618. The van der Waals surface area contributed by atoms with Crippen LogP contribution in [0.25, 0.3) is 27.8 Å². The van der Waals surface area contributed by atoms with Crippen LogP contribution >= 0.6 is 0 Å². The summed E-state index contributed by atoms with van der Waals surface area (Å²) in [6.45, 7) is 6.43. The molecular weight excluding hydrogens is 520 g/mol. The normalized spacial score (nSPS) is 11.0. The molecule has 2 heterocycles. The second kappa shape index (κ2) is 11.2. The number of fused-ring (bicyclic) bond motifs is 1. The van der Waals surface area contributed by atoms with Gasteiger partial charge in [-0.1, -0.05) is 42.0 Å². The molecule has 5 aromatic rings. The van der Waals surface area contributed by atoms with Crippen molar-refractivity contribution in [2.75, 3.05) is 18.5 Å². The lowest BCUT2D eigenvalue weighted by Gasteiger charge is -2.19. The van der Waals surface area contributed by atoms with E-state index >= 15 is 0 Å². The summed E-state index contributed by atoms with van der Waals surface area (Å²) in [6, 6.07) is 20.3. The minimum Gasteiger partial charge on any atom is -0.492 e. The molecule has 5 rings (SSSR count). The fourth-order valence-electron chi connectivity index (χ4n) is 4.97. The Balaban J connectivity index is 1.81. The highest BCUT2D eigenvalue weighted by Gasteiger charge is 2.24. The van der Waals surface area contributed by atoms with E-state index in [0.717, 1.165) is 15.7 Å². The number of ether oxygens (including phenoxy) is 2. The predicted molar refractivity (Wildman–Crippen MR) is 161 cm³/mol. The third-order valence-corrected chi connectivity index (χ3v) is 6.94. The third-order valence-electron chi connectivity index (χ3n) is 6.94. The Hall–Kier alpha value is -5.05. The summed E-state index contributed by atoms with van der Waals surface area (Å²) >= 11 is 0. The van der Waals surface area contributed by atoms with Crippen LogP contribution in [0.4, 0.5) is 5.69 Å². The SMILES string of the molecule is CCOc1cc(-n2cc3c(c2-c2cccc(C)c2)c(=O)n(C)c(=O)n3C)c(OCC)cc1NC(=O)c1ccccc1. The van der Waals surface area contributed by atoms with Crippen LogP contribution in [0, 0.1) is 6.92 Å². The molecule has 1 amide bonds. The predicted octanol–water partition coefficient (Wildman–Crippen LogP) is 5.05. The zero-order valence-corrected chi connectivity index (χ0v) is 23.7. The standard InChI is InChI=1S/C32H32N4O5/c1-6-40-26-18-24(27(41-7-2)17-23(26)33-30(37)21-13-9-8-10-14-21)36-19-25-28(31(38)35(5)32(39)34(25)4)29(36)22-15-11-12-20(3)16-22/h8-19H,6-7H2,1-5H3,(H,33,37). The van der Waals surface area contributed by atoms with Crippen LogP contribution in [0.1, 0.15) is 29.8 Å². The van der Waals surface area contributed by atoms with Gasteiger partial charge in [0.05, 0.1) is 41.2 Å². The Morgan fingerprint density at radius 3 is 2.24 bits per heavy atom. The Labute approximate surface area is 237 Å². The third kappa shape index (κ3) is 5.02. The minimum absolute atomic E-state index is 0.285. The monoisotopic (exact) mass is 552 g/mol. The average molecular weight is 553 g/mol. The zero-order chi connectivity index (χ0) is 29.3. The molecule has 2 aromatic heterocycles. The fraction of sp³-hybridized carbons (Fsp3) is 0.219. The number of amides is 1. The van der Waals surface area contributed by atoms with Gasteiger partial charge in [0.2, 0.25) is 0 Å². The summed E-state index contributed by atoms with van der Waals surface area (Å²) < 4.78 is 16.5. The van der Waals surface area contributed by atoms with Crippen molar-refractivity contribution in [3.8, 4) is 28.4 Å². The van der Waals surface area contributed by atoms with Gasteiger partial charge in [-0.05, 0) is 44.5 Å². The van der Waals surface area contributed by atoms with Gasteiger partial charge in [-0.25, -0.2) is 4.79 Å². The van der Waals surface area contributed by atoms with E-state index in [2.05, 4.69) is 5.32 Å². The summed E-state index contributed by atoms with van der Waals surface area (Å²) in [4.78, 5) is 39.4. The van der Waals surface area contributed by atoms with Crippen molar-refractivity contribution in [1.29, 1.82) is 0 Å². The van der Waals surface area contributed by atoms with Gasteiger partial charge in [0, 0.05) is 38.0 Å². The van der Waals surface area contributed by atoms with E-state index < -0.39 is 11.2 Å². The first-order valence-corrected chi connectivity index (χ1v) is 13.4. The second-order valence-corrected chi connectivity index (χ2v) is 9.69. The smallest absolute Gasteiger partial charge is 0.330 e. The topological polar surface area (TPSA) is 96.5 Å². The largest absolute Gasteiger partial charge is 0.492 e. The maximum absolute atomic E-state index is 13.5. The number of rotatable bonds is 8. The van der Waals surface area contributed by atoms with Gasteiger partial charge in [-0.15, -0.1) is 0 Å². The number of hydrogen-bond donors (Lipinski definition) is 1. The summed E-state index contributed by atoms with van der Waals surface area (Å²) in [5.41, 5.74) is 3.65. The van der Waals surface area contributed by atoms with Gasteiger partial charge in [-0.2, -0.15) is 0 Å². The molecule has 0 fully saturated rings. The Bertz CT molecular complexity index is 1880. The molecule has 9 nitrogen and oxygen atoms in total. The van der Waals surface area contributed by atoms with E-state index in [1.807, 2.05) is 55.7 Å². The quantitative estimate of drug-likeness (QED) is 0.291. The van der Waals surface area contributed by atoms with E-state index in [1.165, 1.54) is 11.6 Å². The van der Waals surface area contributed by atoms with Crippen LogP contribution in [0.2, 0.25) is 0 Å². The molecule has 0 bridgehead atoms. The lowest BCUT2D eigenvalue weighted by molar-refractivity contribution is 0.102. The van der Waals surface area contributed by atoms with E-state index in [9.17, 15) is 14.4 Å². The number of nitrogens with one attached hydrogen (secondary N) is 1. The van der Waals surface area contributed by atoms with Crippen LogP contribution in [-0.4, -0.2) is 32.8 Å². The zero-order valence-electron chi connectivity index (χ0n) is 23.7. The highest BCUT2D eigenvalue weighted by atomic mass is 16.5. The van der Waals surface area contributed by atoms with Crippen molar-refractivity contribution in [3.05, 3.63) is 105 Å². The molecular formula is C32H32N4O5. The van der Waals surface area contributed by atoms with Crippen LogP contribution in [-0.2, 0) is 14.1 Å². The Morgan fingerprint density at radius 1 is 0.854 bits per heavy atom.